The number of aldehydes is 1. The quantitative estimate of drug-likeness (QED) is 0.782. The fourth-order valence-electron chi connectivity index (χ4n) is 1.83. The largest absolute Gasteiger partial charge is 0.470 e. The first kappa shape index (κ1) is 12.5. The van der Waals surface area contributed by atoms with Gasteiger partial charge in [0.2, 0.25) is 5.88 Å². The predicted octanol–water partition coefficient (Wildman–Crippen LogP) is 2.44. The second-order valence-electron chi connectivity index (χ2n) is 5.08. The van der Waals surface area contributed by atoms with Gasteiger partial charge in [0.25, 0.3) is 0 Å². The van der Waals surface area contributed by atoms with E-state index in [0.29, 0.717) is 17.0 Å². The molecule has 0 aliphatic heterocycles. The molecular weight excluding hydrogens is 230 g/mol. The van der Waals surface area contributed by atoms with Crippen LogP contribution < -0.4 is 4.74 Å². The number of aryl methyl sites for hydroxylation is 1. The van der Waals surface area contributed by atoms with E-state index in [4.69, 9.17) is 4.74 Å². The Balaban J connectivity index is 2.67. The SMILES string of the molecule is CCn1cc(C=O)c2ncnc(OC(C)(C)C)c21. The Morgan fingerprint density at radius 3 is 2.67 bits per heavy atom. The van der Waals surface area contributed by atoms with E-state index in [1.165, 1.54) is 6.33 Å². The molecule has 0 amide bonds. The summed E-state index contributed by atoms with van der Waals surface area (Å²) in [7, 11) is 0. The van der Waals surface area contributed by atoms with Crippen LogP contribution in [0.4, 0.5) is 0 Å². The average molecular weight is 247 g/mol. The van der Waals surface area contributed by atoms with Crippen LogP contribution in [0.5, 0.6) is 5.88 Å². The molecule has 96 valence electrons. The van der Waals surface area contributed by atoms with Gasteiger partial charge in [-0.05, 0) is 27.7 Å². The minimum absolute atomic E-state index is 0.342. The second kappa shape index (κ2) is 4.40. The molecule has 2 aromatic heterocycles. The molecule has 0 bridgehead atoms. The number of nitrogens with zero attached hydrogens (tertiary/aromatic N) is 3. The highest BCUT2D eigenvalue weighted by Gasteiger charge is 2.19. The summed E-state index contributed by atoms with van der Waals surface area (Å²) in [6, 6.07) is 0. The lowest BCUT2D eigenvalue weighted by Gasteiger charge is -2.21. The monoisotopic (exact) mass is 247 g/mol. The van der Waals surface area contributed by atoms with Crippen molar-refractivity contribution in [2.45, 2.75) is 39.8 Å². The van der Waals surface area contributed by atoms with Gasteiger partial charge < -0.3 is 9.30 Å². The Morgan fingerprint density at radius 2 is 2.11 bits per heavy atom. The molecule has 2 aromatic rings. The Hall–Kier alpha value is -1.91. The molecule has 0 saturated heterocycles. The highest BCUT2D eigenvalue weighted by molar-refractivity contribution is 5.96. The number of carbonyl (C=O) groups is 1. The molecule has 5 nitrogen and oxygen atoms in total. The van der Waals surface area contributed by atoms with Crippen molar-refractivity contribution in [1.82, 2.24) is 14.5 Å². The molecule has 18 heavy (non-hydrogen) atoms. The molecule has 0 aromatic carbocycles. The van der Waals surface area contributed by atoms with E-state index in [-0.39, 0.29) is 5.60 Å². The molecule has 0 aliphatic carbocycles. The van der Waals surface area contributed by atoms with Crippen molar-refractivity contribution in [3.63, 3.8) is 0 Å². The maximum absolute atomic E-state index is 11.0. The van der Waals surface area contributed by atoms with Crippen LogP contribution in [0.15, 0.2) is 12.5 Å². The molecule has 0 unspecified atom stereocenters. The second-order valence-corrected chi connectivity index (χ2v) is 5.08. The van der Waals surface area contributed by atoms with Crippen LogP contribution in [0.2, 0.25) is 0 Å². The molecule has 0 spiro atoms. The first-order valence-corrected chi connectivity index (χ1v) is 5.94. The maximum Gasteiger partial charge on any atom is 0.242 e. The van der Waals surface area contributed by atoms with Crippen LogP contribution >= 0.6 is 0 Å². The van der Waals surface area contributed by atoms with Gasteiger partial charge >= 0.3 is 0 Å². The van der Waals surface area contributed by atoms with Crippen LogP contribution in [0.25, 0.3) is 11.0 Å². The van der Waals surface area contributed by atoms with Gasteiger partial charge in [-0.25, -0.2) is 4.98 Å². The fraction of sp³-hybridized carbons (Fsp3) is 0.462. The topological polar surface area (TPSA) is 57.0 Å². The van der Waals surface area contributed by atoms with E-state index in [1.54, 1.807) is 6.20 Å². The van der Waals surface area contributed by atoms with E-state index in [0.717, 1.165) is 18.3 Å². The average Bonchev–Trinajstić information content (AvgIpc) is 2.66. The van der Waals surface area contributed by atoms with Gasteiger partial charge in [0.15, 0.2) is 6.29 Å². The number of aromatic nitrogens is 3. The maximum atomic E-state index is 11.0. The normalized spacial score (nSPS) is 11.8. The first-order chi connectivity index (χ1) is 8.46. The standard InChI is InChI=1S/C13H17N3O2/c1-5-16-6-9(7-17)10-11(16)12(15-8-14-10)18-13(2,3)4/h6-8H,5H2,1-4H3. The summed E-state index contributed by atoms with van der Waals surface area (Å²) in [6.07, 6.45) is 4.01. The van der Waals surface area contributed by atoms with Gasteiger partial charge in [-0.15, -0.1) is 0 Å². The zero-order chi connectivity index (χ0) is 13.3. The van der Waals surface area contributed by atoms with Crippen molar-refractivity contribution >= 4 is 17.3 Å². The summed E-state index contributed by atoms with van der Waals surface area (Å²) in [6.45, 7) is 8.61. The molecular formula is C13H17N3O2. The lowest BCUT2D eigenvalue weighted by molar-refractivity contribution is 0.112. The molecule has 0 saturated carbocycles. The zero-order valence-electron chi connectivity index (χ0n) is 11.1. The van der Waals surface area contributed by atoms with E-state index >= 15 is 0 Å². The highest BCUT2D eigenvalue weighted by Crippen LogP contribution is 2.27. The number of hydrogen-bond donors (Lipinski definition) is 0. The van der Waals surface area contributed by atoms with Crippen LogP contribution in [-0.4, -0.2) is 26.4 Å². The van der Waals surface area contributed by atoms with Crippen molar-refractivity contribution in [3.05, 3.63) is 18.1 Å². The molecule has 0 fully saturated rings. The summed E-state index contributed by atoms with van der Waals surface area (Å²) in [5, 5.41) is 0. The minimum atomic E-state index is -0.342. The van der Waals surface area contributed by atoms with Crippen molar-refractivity contribution in [1.29, 1.82) is 0 Å². The lowest BCUT2D eigenvalue weighted by Crippen LogP contribution is -2.24. The van der Waals surface area contributed by atoms with Crippen LogP contribution in [0, 0.1) is 0 Å². The molecule has 5 heteroatoms. The third kappa shape index (κ3) is 2.20. The van der Waals surface area contributed by atoms with Crippen molar-refractivity contribution in [3.8, 4) is 5.88 Å². The van der Waals surface area contributed by atoms with Gasteiger partial charge in [-0.1, -0.05) is 0 Å². The highest BCUT2D eigenvalue weighted by atomic mass is 16.5. The molecule has 2 heterocycles. The summed E-state index contributed by atoms with van der Waals surface area (Å²) in [5.41, 5.74) is 1.64. The van der Waals surface area contributed by atoms with Gasteiger partial charge in [-0.3, -0.25) is 4.79 Å². The summed E-state index contributed by atoms with van der Waals surface area (Å²) >= 11 is 0. The van der Waals surface area contributed by atoms with Crippen LogP contribution in [-0.2, 0) is 6.54 Å². The Kier molecular flexibility index (Phi) is 3.07. The third-order valence-electron chi connectivity index (χ3n) is 2.51. The summed E-state index contributed by atoms with van der Waals surface area (Å²) in [4.78, 5) is 19.4. The molecule has 0 aliphatic rings. The predicted molar refractivity (Wildman–Crippen MR) is 69.0 cm³/mol. The summed E-state index contributed by atoms with van der Waals surface area (Å²) in [5.74, 6) is 0.516. The molecule has 0 N–H and O–H groups in total. The molecule has 0 radical (unpaired) electrons. The zero-order valence-corrected chi connectivity index (χ0v) is 11.1. The van der Waals surface area contributed by atoms with Gasteiger partial charge in [0, 0.05) is 12.7 Å². The van der Waals surface area contributed by atoms with E-state index in [9.17, 15) is 4.79 Å². The first-order valence-electron chi connectivity index (χ1n) is 5.94. The Bertz CT molecular complexity index is 582. The molecule has 2 rings (SSSR count). The number of rotatable bonds is 3. The van der Waals surface area contributed by atoms with Crippen LogP contribution in [0.3, 0.4) is 0 Å². The van der Waals surface area contributed by atoms with E-state index < -0.39 is 0 Å². The van der Waals surface area contributed by atoms with Crippen molar-refractivity contribution < 1.29 is 9.53 Å². The van der Waals surface area contributed by atoms with Gasteiger partial charge in [0.05, 0.1) is 5.56 Å². The summed E-state index contributed by atoms with van der Waals surface area (Å²) < 4.78 is 7.76. The number of hydrogen-bond acceptors (Lipinski definition) is 4. The van der Waals surface area contributed by atoms with E-state index in [2.05, 4.69) is 9.97 Å². The van der Waals surface area contributed by atoms with Crippen LogP contribution in [0.1, 0.15) is 38.1 Å². The van der Waals surface area contributed by atoms with E-state index in [1.807, 2.05) is 32.3 Å². The number of carbonyl (C=O) groups excluding carboxylic acids is 1. The lowest BCUT2D eigenvalue weighted by atomic mass is 10.2. The van der Waals surface area contributed by atoms with Gasteiger partial charge in [0.1, 0.15) is 23.0 Å². The number of fused-ring (bicyclic) bond motifs is 1. The Morgan fingerprint density at radius 1 is 1.39 bits per heavy atom. The Labute approximate surface area is 106 Å². The smallest absolute Gasteiger partial charge is 0.242 e. The molecule has 0 atom stereocenters. The van der Waals surface area contributed by atoms with Crippen molar-refractivity contribution in [2.24, 2.45) is 0 Å². The number of ether oxygens (including phenoxy) is 1. The van der Waals surface area contributed by atoms with Gasteiger partial charge in [-0.2, -0.15) is 4.98 Å². The fourth-order valence-corrected chi connectivity index (χ4v) is 1.83. The third-order valence-corrected chi connectivity index (χ3v) is 2.51. The minimum Gasteiger partial charge on any atom is -0.470 e. The van der Waals surface area contributed by atoms with Crippen molar-refractivity contribution in [2.75, 3.05) is 0 Å².